The minimum atomic E-state index is -0.0766. The van der Waals surface area contributed by atoms with Crippen LogP contribution in [0, 0.1) is 6.92 Å². The number of benzene rings is 2. The summed E-state index contributed by atoms with van der Waals surface area (Å²) in [5.41, 5.74) is 1.33. The average molecular weight is 376 g/mol. The van der Waals surface area contributed by atoms with Crippen molar-refractivity contribution in [3.05, 3.63) is 58.2 Å². The molecule has 0 atom stereocenters. The van der Waals surface area contributed by atoms with Gasteiger partial charge in [0.15, 0.2) is 0 Å². The fraction of sp³-hybridized carbons (Fsp3) is 0.0588. The van der Waals surface area contributed by atoms with Gasteiger partial charge in [-0.05, 0) is 0 Å². The zero-order chi connectivity index (χ0) is 12.8. The van der Waals surface area contributed by atoms with E-state index < -0.39 is 0 Å². The van der Waals surface area contributed by atoms with Gasteiger partial charge in [0.05, 0.1) is 0 Å². The van der Waals surface area contributed by atoms with Crippen LogP contribution in [0.25, 0.3) is 29.3 Å². The fourth-order valence-electron chi connectivity index (χ4n) is 2.45. The Morgan fingerprint density at radius 3 is 2.58 bits per heavy atom. The van der Waals surface area contributed by atoms with Gasteiger partial charge in [0.1, 0.15) is 0 Å². The minimum absolute atomic E-state index is 0.0766. The first-order chi connectivity index (χ1) is 9.29. The van der Waals surface area contributed by atoms with Gasteiger partial charge in [-0.2, -0.15) is 0 Å². The molecule has 19 heavy (non-hydrogen) atoms. The standard InChI is InChI=1S/C17H12STe/c1-11-7-14-8-13-9-15(12-5-3-2-4-6-12)18-16(13)10-17(14)19-11/h2-10H,1H3. The van der Waals surface area contributed by atoms with Crippen molar-refractivity contribution in [2.75, 3.05) is 0 Å². The van der Waals surface area contributed by atoms with Gasteiger partial charge < -0.3 is 0 Å². The van der Waals surface area contributed by atoms with Crippen molar-refractivity contribution < 1.29 is 0 Å². The Balaban J connectivity index is 1.96. The molecule has 92 valence electrons. The number of fused-ring (bicyclic) bond motifs is 2. The van der Waals surface area contributed by atoms with E-state index in [1.165, 1.54) is 25.9 Å². The van der Waals surface area contributed by atoms with Crippen molar-refractivity contribution in [2.24, 2.45) is 0 Å². The molecule has 2 heterocycles. The van der Waals surface area contributed by atoms with Crippen LogP contribution in [0.2, 0.25) is 0 Å². The van der Waals surface area contributed by atoms with Crippen LogP contribution in [-0.4, -0.2) is 20.4 Å². The van der Waals surface area contributed by atoms with Crippen molar-refractivity contribution in [3.8, 4) is 10.4 Å². The van der Waals surface area contributed by atoms with Gasteiger partial charge >= 0.3 is 126 Å². The summed E-state index contributed by atoms with van der Waals surface area (Å²) in [6.07, 6.45) is 0. The van der Waals surface area contributed by atoms with E-state index in [2.05, 4.69) is 61.5 Å². The van der Waals surface area contributed by atoms with E-state index in [1.54, 1.807) is 6.98 Å². The molecule has 0 bridgehead atoms. The molecule has 0 unspecified atom stereocenters. The summed E-state index contributed by atoms with van der Waals surface area (Å²) in [5.74, 6) is 0. The Morgan fingerprint density at radius 2 is 1.74 bits per heavy atom. The van der Waals surface area contributed by atoms with Crippen LogP contribution in [0.4, 0.5) is 0 Å². The van der Waals surface area contributed by atoms with Crippen LogP contribution in [0.15, 0.2) is 54.6 Å². The molecule has 0 aliphatic carbocycles. The predicted molar refractivity (Wildman–Crippen MR) is 86.4 cm³/mol. The first-order valence-corrected chi connectivity index (χ1v) is 9.43. The van der Waals surface area contributed by atoms with Gasteiger partial charge in [-0.15, -0.1) is 0 Å². The molecule has 0 aliphatic rings. The quantitative estimate of drug-likeness (QED) is 0.407. The van der Waals surface area contributed by atoms with E-state index in [0.29, 0.717) is 0 Å². The Kier molecular flexibility index (Phi) is 2.77. The van der Waals surface area contributed by atoms with Gasteiger partial charge in [0, 0.05) is 0 Å². The molecule has 0 saturated carbocycles. The molecule has 4 aromatic rings. The molecule has 0 radical (unpaired) electrons. The fourth-order valence-corrected chi connectivity index (χ4v) is 6.47. The maximum atomic E-state index is 2.43. The van der Waals surface area contributed by atoms with Crippen molar-refractivity contribution in [1.29, 1.82) is 0 Å². The van der Waals surface area contributed by atoms with Crippen LogP contribution in [-0.2, 0) is 0 Å². The SMILES string of the molecule is Cc1cc2cc3cc(-c4ccccc4)sc3cc2[te]1. The van der Waals surface area contributed by atoms with Crippen molar-refractivity contribution in [3.63, 3.8) is 0 Å². The zero-order valence-corrected chi connectivity index (χ0v) is 13.7. The van der Waals surface area contributed by atoms with Crippen molar-refractivity contribution in [1.82, 2.24) is 0 Å². The number of hydrogen-bond donors (Lipinski definition) is 0. The van der Waals surface area contributed by atoms with Crippen molar-refractivity contribution in [2.45, 2.75) is 6.92 Å². The van der Waals surface area contributed by atoms with Crippen LogP contribution in [0.1, 0.15) is 3.58 Å². The number of aryl methyl sites for hydroxylation is 1. The molecule has 2 heteroatoms. The summed E-state index contributed by atoms with van der Waals surface area (Å²) in [6, 6.07) is 20.2. The Labute approximate surface area is 125 Å². The Bertz CT molecular complexity index is 817. The summed E-state index contributed by atoms with van der Waals surface area (Å²) >= 11 is 1.84. The third-order valence-electron chi connectivity index (χ3n) is 3.34. The van der Waals surface area contributed by atoms with E-state index >= 15 is 0 Å². The molecule has 0 nitrogen and oxygen atoms in total. The summed E-state index contributed by atoms with van der Waals surface area (Å²) in [5, 5.41) is 2.85. The van der Waals surface area contributed by atoms with E-state index in [0.717, 1.165) is 0 Å². The third-order valence-corrected chi connectivity index (χ3v) is 7.38. The second kappa shape index (κ2) is 4.49. The maximum absolute atomic E-state index is 2.43. The normalized spacial score (nSPS) is 11.4. The molecular weight excluding hydrogens is 364 g/mol. The van der Waals surface area contributed by atoms with Gasteiger partial charge in [0.25, 0.3) is 0 Å². The van der Waals surface area contributed by atoms with Crippen LogP contribution >= 0.6 is 11.3 Å². The monoisotopic (exact) mass is 378 g/mol. The second-order valence-corrected chi connectivity index (χ2v) is 9.52. The van der Waals surface area contributed by atoms with Crippen molar-refractivity contribution >= 4 is 50.6 Å². The molecule has 2 aromatic heterocycles. The summed E-state index contributed by atoms with van der Waals surface area (Å²) in [7, 11) is 0. The third kappa shape index (κ3) is 2.05. The predicted octanol–water partition coefficient (Wildman–Crippen LogP) is 5.09. The van der Waals surface area contributed by atoms with Gasteiger partial charge in [-0.1, -0.05) is 0 Å². The summed E-state index contributed by atoms with van der Waals surface area (Å²) < 4.78 is 4.64. The molecule has 4 rings (SSSR count). The number of rotatable bonds is 1. The van der Waals surface area contributed by atoms with E-state index in [-0.39, 0.29) is 20.4 Å². The van der Waals surface area contributed by atoms with Gasteiger partial charge in [0.2, 0.25) is 0 Å². The van der Waals surface area contributed by atoms with Crippen LogP contribution in [0.5, 0.6) is 0 Å². The average Bonchev–Trinajstić information content (AvgIpc) is 2.98. The Hall–Kier alpha value is -1.07. The van der Waals surface area contributed by atoms with Crippen LogP contribution < -0.4 is 0 Å². The molecule has 0 spiro atoms. The molecule has 0 aliphatic heterocycles. The molecule has 2 aromatic carbocycles. The Morgan fingerprint density at radius 1 is 0.895 bits per heavy atom. The van der Waals surface area contributed by atoms with E-state index in [9.17, 15) is 0 Å². The zero-order valence-electron chi connectivity index (χ0n) is 10.5. The molecule has 0 N–H and O–H groups in total. The van der Waals surface area contributed by atoms with E-state index in [4.69, 9.17) is 0 Å². The topological polar surface area (TPSA) is 0 Å². The number of hydrogen-bond acceptors (Lipinski definition) is 1. The first-order valence-electron chi connectivity index (χ1n) is 6.29. The first kappa shape index (κ1) is 11.7. The second-order valence-electron chi connectivity index (χ2n) is 4.76. The van der Waals surface area contributed by atoms with E-state index in [1.807, 2.05) is 11.3 Å². The molecule has 0 fully saturated rings. The number of thiophene rings is 1. The molecule has 0 amide bonds. The molecular formula is C17H12STe. The van der Waals surface area contributed by atoms with Crippen LogP contribution in [0.3, 0.4) is 0 Å². The van der Waals surface area contributed by atoms with Gasteiger partial charge in [-0.3, -0.25) is 0 Å². The summed E-state index contributed by atoms with van der Waals surface area (Å²) in [4.78, 5) is 1.38. The molecule has 0 saturated heterocycles. The summed E-state index contributed by atoms with van der Waals surface area (Å²) in [6.45, 7) is 2.27. The van der Waals surface area contributed by atoms with Gasteiger partial charge in [-0.25, -0.2) is 0 Å².